The van der Waals surface area contributed by atoms with E-state index in [0.29, 0.717) is 10.8 Å². The van der Waals surface area contributed by atoms with Gasteiger partial charge >= 0.3 is 0 Å². The highest BCUT2D eigenvalue weighted by Crippen LogP contribution is 2.50. The van der Waals surface area contributed by atoms with Crippen molar-refractivity contribution in [2.24, 2.45) is 0 Å². The van der Waals surface area contributed by atoms with Crippen LogP contribution >= 0.6 is 11.6 Å². The Morgan fingerprint density at radius 3 is 1.94 bits per heavy atom. The van der Waals surface area contributed by atoms with Crippen LogP contribution in [0.15, 0.2) is 126 Å². The van der Waals surface area contributed by atoms with Crippen LogP contribution in [0, 0.1) is 0 Å². The molecule has 4 heteroatoms. The highest BCUT2D eigenvalue weighted by molar-refractivity contribution is 6.30. The SMILES string of the molecule is Clc1ccc(-c2ccc(C3Nc4ccccc4C(c4ccccc4)(c4ccccc4)O3)o2)cc1. The molecule has 0 bridgehead atoms. The van der Waals surface area contributed by atoms with Crippen molar-refractivity contribution in [2.75, 3.05) is 5.32 Å². The Balaban J connectivity index is 1.50. The van der Waals surface area contributed by atoms with E-state index in [1.807, 2.05) is 54.6 Å². The van der Waals surface area contributed by atoms with Crippen molar-refractivity contribution in [1.82, 2.24) is 0 Å². The molecule has 1 aromatic heterocycles. The fourth-order valence-corrected chi connectivity index (χ4v) is 4.80. The molecule has 4 aromatic carbocycles. The van der Waals surface area contributed by atoms with Crippen molar-refractivity contribution in [3.63, 3.8) is 0 Å². The van der Waals surface area contributed by atoms with Crippen LogP contribution in [-0.4, -0.2) is 0 Å². The lowest BCUT2D eigenvalue weighted by Gasteiger charge is -2.43. The highest BCUT2D eigenvalue weighted by atomic mass is 35.5. The van der Waals surface area contributed by atoms with Crippen LogP contribution in [0.4, 0.5) is 5.69 Å². The van der Waals surface area contributed by atoms with Crippen molar-refractivity contribution >= 4 is 17.3 Å². The summed E-state index contributed by atoms with van der Waals surface area (Å²) in [6, 6.07) is 40.6. The first-order chi connectivity index (χ1) is 16.7. The Labute approximate surface area is 203 Å². The molecule has 1 atom stereocenters. The van der Waals surface area contributed by atoms with E-state index in [1.54, 1.807) is 0 Å². The molecule has 2 heterocycles. The lowest BCUT2D eigenvalue weighted by Crippen LogP contribution is -2.40. The third-order valence-corrected chi connectivity index (χ3v) is 6.51. The fourth-order valence-electron chi connectivity index (χ4n) is 4.68. The van der Waals surface area contributed by atoms with Gasteiger partial charge in [0.2, 0.25) is 0 Å². The van der Waals surface area contributed by atoms with E-state index in [0.717, 1.165) is 33.7 Å². The molecule has 0 aliphatic carbocycles. The van der Waals surface area contributed by atoms with E-state index in [2.05, 4.69) is 72.0 Å². The monoisotopic (exact) mass is 463 g/mol. The molecule has 1 unspecified atom stereocenters. The van der Waals surface area contributed by atoms with Gasteiger partial charge in [0.25, 0.3) is 0 Å². The van der Waals surface area contributed by atoms with Crippen molar-refractivity contribution in [3.05, 3.63) is 149 Å². The average Bonchev–Trinajstić information content (AvgIpc) is 3.40. The van der Waals surface area contributed by atoms with Gasteiger partial charge in [0.1, 0.15) is 11.4 Å². The molecule has 3 nitrogen and oxygen atoms in total. The number of furan rings is 1. The Kier molecular flexibility index (Phi) is 5.21. The lowest BCUT2D eigenvalue weighted by atomic mass is 9.78. The van der Waals surface area contributed by atoms with Gasteiger partial charge in [-0.15, -0.1) is 0 Å². The van der Waals surface area contributed by atoms with Crippen LogP contribution < -0.4 is 5.32 Å². The topological polar surface area (TPSA) is 34.4 Å². The Morgan fingerprint density at radius 2 is 1.26 bits per heavy atom. The smallest absolute Gasteiger partial charge is 0.188 e. The van der Waals surface area contributed by atoms with E-state index in [-0.39, 0.29) is 0 Å². The number of hydrogen-bond acceptors (Lipinski definition) is 3. The molecule has 0 fully saturated rings. The maximum Gasteiger partial charge on any atom is 0.188 e. The first-order valence-corrected chi connectivity index (χ1v) is 11.6. The molecule has 0 spiro atoms. The summed E-state index contributed by atoms with van der Waals surface area (Å²) < 4.78 is 13.3. The van der Waals surface area contributed by atoms with E-state index >= 15 is 0 Å². The quantitative estimate of drug-likeness (QED) is 0.293. The number of fused-ring (bicyclic) bond motifs is 1. The van der Waals surface area contributed by atoms with E-state index in [1.165, 1.54) is 0 Å². The zero-order valence-corrected chi connectivity index (χ0v) is 19.1. The summed E-state index contributed by atoms with van der Waals surface area (Å²) in [4.78, 5) is 0. The predicted octanol–water partition coefficient (Wildman–Crippen LogP) is 8.03. The number of halogens is 1. The minimum Gasteiger partial charge on any atom is -0.456 e. The Bertz CT molecular complexity index is 1370. The predicted molar refractivity (Wildman–Crippen MR) is 136 cm³/mol. The number of para-hydroxylation sites is 1. The van der Waals surface area contributed by atoms with Gasteiger partial charge in [-0.2, -0.15) is 0 Å². The largest absolute Gasteiger partial charge is 0.456 e. The van der Waals surface area contributed by atoms with E-state index in [4.69, 9.17) is 20.8 Å². The van der Waals surface area contributed by atoms with Crippen LogP contribution in [-0.2, 0) is 10.3 Å². The van der Waals surface area contributed by atoms with Gasteiger partial charge in [0, 0.05) is 21.8 Å². The van der Waals surface area contributed by atoms with Crippen LogP contribution in [0.3, 0.4) is 0 Å². The first-order valence-electron chi connectivity index (χ1n) is 11.2. The van der Waals surface area contributed by atoms with E-state index in [9.17, 15) is 0 Å². The second-order valence-electron chi connectivity index (χ2n) is 8.31. The van der Waals surface area contributed by atoms with Crippen molar-refractivity contribution in [2.45, 2.75) is 11.8 Å². The molecule has 1 aliphatic heterocycles. The van der Waals surface area contributed by atoms with Crippen molar-refractivity contribution < 1.29 is 9.15 Å². The molecule has 1 N–H and O–H groups in total. The molecule has 0 amide bonds. The number of nitrogens with one attached hydrogen (secondary N) is 1. The summed E-state index contributed by atoms with van der Waals surface area (Å²) in [5.41, 5.74) is 4.35. The summed E-state index contributed by atoms with van der Waals surface area (Å²) in [7, 11) is 0. The number of ether oxygens (including phenoxy) is 1. The molecular weight excluding hydrogens is 442 g/mol. The second kappa shape index (κ2) is 8.53. The summed E-state index contributed by atoms with van der Waals surface area (Å²) in [5, 5.41) is 4.24. The lowest BCUT2D eigenvalue weighted by molar-refractivity contribution is -0.0518. The molecule has 166 valence electrons. The third-order valence-electron chi connectivity index (χ3n) is 6.26. The molecule has 0 saturated carbocycles. The molecule has 1 aliphatic rings. The average molecular weight is 464 g/mol. The van der Waals surface area contributed by atoms with Crippen LogP contribution in [0.2, 0.25) is 5.02 Å². The summed E-state index contributed by atoms with van der Waals surface area (Å²) in [6.45, 7) is 0. The third kappa shape index (κ3) is 3.50. The van der Waals surface area contributed by atoms with Crippen LogP contribution in [0.1, 0.15) is 28.7 Å². The number of hydrogen-bond donors (Lipinski definition) is 1. The van der Waals surface area contributed by atoms with Gasteiger partial charge in [-0.1, -0.05) is 90.5 Å². The van der Waals surface area contributed by atoms with Crippen LogP contribution in [0.25, 0.3) is 11.3 Å². The fraction of sp³-hybridized carbons (Fsp3) is 0.0667. The second-order valence-corrected chi connectivity index (χ2v) is 8.75. The first kappa shape index (κ1) is 20.8. The molecular formula is C30H22ClNO2. The number of rotatable bonds is 4. The van der Waals surface area contributed by atoms with Crippen molar-refractivity contribution in [3.8, 4) is 11.3 Å². The number of anilines is 1. The summed E-state index contributed by atoms with van der Waals surface area (Å²) >= 11 is 6.06. The zero-order chi connectivity index (χ0) is 23.0. The van der Waals surface area contributed by atoms with Gasteiger partial charge in [0.15, 0.2) is 12.0 Å². The molecule has 6 rings (SSSR count). The maximum absolute atomic E-state index is 7.00. The Morgan fingerprint density at radius 1 is 0.647 bits per heavy atom. The number of benzene rings is 4. The normalized spacial score (nSPS) is 16.4. The highest BCUT2D eigenvalue weighted by Gasteiger charge is 2.45. The summed E-state index contributed by atoms with van der Waals surface area (Å²) in [6.07, 6.45) is -0.489. The molecule has 0 radical (unpaired) electrons. The standard InChI is InChI=1S/C30H22ClNO2/c31-24-17-15-21(16-18-24)27-19-20-28(33-27)29-32-26-14-8-7-13-25(26)30(34-29,22-9-3-1-4-10-22)23-11-5-2-6-12-23/h1-20,29,32H. The Hall–Kier alpha value is -3.79. The molecule has 5 aromatic rings. The minimum absolute atomic E-state index is 0.489. The van der Waals surface area contributed by atoms with Gasteiger partial charge in [-0.05, 0) is 53.6 Å². The van der Waals surface area contributed by atoms with E-state index < -0.39 is 11.8 Å². The van der Waals surface area contributed by atoms with Gasteiger partial charge in [0.05, 0.1) is 0 Å². The molecule has 0 saturated heterocycles. The van der Waals surface area contributed by atoms with Gasteiger partial charge < -0.3 is 14.5 Å². The molecule has 34 heavy (non-hydrogen) atoms. The zero-order valence-electron chi connectivity index (χ0n) is 18.3. The van der Waals surface area contributed by atoms with Crippen LogP contribution in [0.5, 0.6) is 0 Å². The maximum atomic E-state index is 7.00. The van der Waals surface area contributed by atoms with Gasteiger partial charge in [-0.3, -0.25) is 0 Å². The van der Waals surface area contributed by atoms with Crippen molar-refractivity contribution in [1.29, 1.82) is 0 Å². The minimum atomic E-state index is -0.803. The summed E-state index contributed by atoms with van der Waals surface area (Å²) in [5.74, 6) is 1.47. The van der Waals surface area contributed by atoms with Gasteiger partial charge in [-0.25, -0.2) is 0 Å².